The van der Waals surface area contributed by atoms with Gasteiger partial charge in [0.15, 0.2) is 0 Å². The van der Waals surface area contributed by atoms with Gasteiger partial charge in [-0.25, -0.2) is 13.4 Å². The van der Waals surface area contributed by atoms with Crippen LogP contribution >= 0.6 is 11.8 Å². The van der Waals surface area contributed by atoms with E-state index in [-0.39, 0.29) is 5.91 Å². The first-order valence-electron chi connectivity index (χ1n) is 10.9. The van der Waals surface area contributed by atoms with Crippen molar-refractivity contribution < 1.29 is 13.2 Å². The fourth-order valence-electron chi connectivity index (χ4n) is 4.39. The second-order valence-electron chi connectivity index (χ2n) is 8.20. The summed E-state index contributed by atoms with van der Waals surface area (Å²) in [7, 11) is -3.53. The number of carbonyl (C=O) groups excluding carboxylic acids is 1. The Bertz CT molecular complexity index is 1270. The topological polar surface area (TPSA) is 70.6 Å². The summed E-state index contributed by atoms with van der Waals surface area (Å²) in [5, 5.41) is 1.89. The number of aromatic nitrogens is 1. The average molecular weight is 468 g/mol. The Labute approximate surface area is 192 Å². The van der Waals surface area contributed by atoms with Gasteiger partial charge in [0, 0.05) is 31.6 Å². The number of hydrogen-bond acceptors (Lipinski definition) is 5. The fourth-order valence-corrected chi connectivity index (χ4v) is 6.64. The van der Waals surface area contributed by atoms with Gasteiger partial charge in [-0.3, -0.25) is 4.79 Å². The summed E-state index contributed by atoms with van der Waals surface area (Å²) >= 11 is 1.42. The van der Waals surface area contributed by atoms with E-state index in [4.69, 9.17) is 0 Å². The lowest BCUT2D eigenvalue weighted by atomic mass is 10.1. The van der Waals surface area contributed by atoms with Gasteiger partial charge in [0.05, 0.1) is 21.2 Å². The Kier molecular flexibility index (Phi) is 5.92. The molecule has 0 atom stereocenters. The van der Waals surface area contributed by atoms with Crippen LogP contribution in [0.25, 0.3) is 10.9 Å². The SMILES string of the molecule is O=C(CSc1ccc2ccccc2n1)N1CCN(S(=O)(=O)c2ccc3c(c2)CCC3)CC1. The molecule has 1 aromatic heterocycles. The van der Waals surface area contributed by atoms with Gasteiger partial charge in [-0.2, -0.15) is 4.31 Å². The van der Waals surface area contributed by atoms with Crippen LogP contribution in [0.4, 0.5) is 0 Å². The number of aryl methyl sites for hydroxylation is 2. The molecule has 5 rings (SSSR count). The zero-order valence-electron chi connectivity index (χ0n) is 17.7. The molecule has 0 radical (unpaired) electrons. The van der Waals surface area contributed by atoms with Crippen LogP contribution in [-0.2, 0) is 27.7 Å². The van der Waals surface area contributed by atoms with Crippen LogP contribution in [0.15, 0.2) is 64.5 Å². The van der Waals surface area contributed by atoms with E-state index in [0.29, 0.717) is 36.8 Å². The van der Waals surface area contributed by atoms with Crippen molar-refractivity contribution in [2.45, 2.75) is 29.2 Å². The number of benzene rings is 2. The number of sulfonamides is 1. The lowest BCUT2D eigenvalue weighted by molar-refractivity contribution is -0.129. The first-order chi connectivity index (χ1) is 15.5. The Morgan fingerprint density at radius 1 is 0.938 bits per heavy atom. The number of amides is 1. The van der Waals surface area contributed by atoms with E-state index in [1.54, 1.807) is 11.0 Å². The molecule has 1 fully saturated rings. The summed E-state index contributed by atoms with van der Waals surface area (Å²) in [5.74, 6) is 0.308. The number of nitrogens with zero attached hydrogens (tertiary/aromatic N) is 3. The summed E-state index contributed by atoms with van der Waals surface area (Å²) in [6.07, 6.45) is 3.07. The third-order valence-corrected chi connectivity index (χ3v) is 9.02. The lowest BCUT2D eigenvalue weighted by Gasteiger charge is -2.34. The molecule has 3 aromatic rings. The Morgan fingerprint density at radius 3 is 2.56 bits per heavy atom. The predicted octanol–water partition coefficient (Wildman–Crippen LogP) is 3.35. The molecule has 2 aromatic carbocycles. The lowest BCUT2D eigenvalue weighted by Crippen LogP contribution is -2.51. The maximum Gasteiger partial charge on any atom is 0.243 e. The van der Waals surface area contributed by atoms with Crippen LogP contribution < -0.4 is 0 Å². The van der Waals surface area contributed by atoms with Gasteiger partial charge in [-0.1, -0.05) is 42.1 Å². The van der Waals surface area contributed by atoms with E-state index in [1.807, 2.05) is 48.5 Å². The number of rotatable bonds is 5. The predicted molar refractivity (Wildman–Crippen MR) is 126 cm³/mol. The molecule has 0 N–H and O–H groups in total. The molecule has 8 heteroatoms. The molecule has 2 heterocycles. The highest BCUT2D eigenvalue weighted by Crippen LogP contribution is 2.27. The van der Waals surface area contributed by atoms with Gasteiger partial charge in [0.25, 0.3) is 0 Å². The second-order valence-corrected chi connectivity index (χ2v) is 11.1. The molecule has 0 saturated carbocycles. The van der Waals surface area contributed by atoms with E-state index in [0.717, 1.165) is 40.8 Å². The minimum atomic E-state index is -3.53. The molecular formula is C24H25N3O3S2. The molecule has 1 aliphatic carbocycles. The first kappa shape index (κ1) is 21.4. The van der Waals surface area contributed by atoms with Gasteiger partial charge < -0.3 is 4.90 Å². The van der Waals surface area contributed by atoms with Gasteiger partial charge >= 0.3 is 0 Å². The minimum Gasteiger partial charge on any atom is -0.339 e. The molecule has 0 spiro atoms. The average Bonchev–Trinajstić information content (AvgIpc) is 3.30. The van der Waals surface area contributed by atoms with Crippen LogP contribution in [0.3, 0.4) is 0 Å². The third-order valence-electron chi connectivity index (χ3n) is 6.22. The highest BCUT2D eigenvalue weighted by atomic mass is 32.2. The molecular weight excluding hydrogens is 442 g/mol. The summed E-state index contributed by atoms with van der Waals surface area (Å²) in [5.41, 5.74) is 3.33. The van der Waals surface area contributed by atoms with Crippen molar-refractivity contribution >= 4 is 38.6 Å². The zero-order valence-corrected chi connectivity index (χ0v) is 19.4. The quantitative estimate of drug-likeness (QED) is 0.538. The van der Waals surface area contributed by atoms with Crippen molar-refractivity contribution in [2.75, 3.05) is 31.9 Å². The van der Waals surface area contributed by atoms with Crippen molar-refractivity contribution in [3.8, 4) is 0 Å². The molecule has 2 aliphatic rings. The fraction of sp³-hybridized carbons (Fsp3) is 0.333. The van der Waals surface area contributed by atoms with Gasteiger partial charge in [0.1, 0.15) is 0 Å². The standard InChI is InChI=1S/C24H25N3O3S2/c28-24(17-31-23-11-9-19-4-1-2-7-22(19)25-23)26-12-14-27(15-13-26)32(29,30)21-10-8-18-5-3-6-20(18)16-21/h1-2,4,7-11,16H,3,5-6,12-15,17H2. The number of piperazine rings is 1. The molecule has 1 amide bonds. The summed E-state index contributed by atoms with van der Waals surface area (Å²) in [4.78, 5) is 19.4. The molecule has 1 aliphatic heterocycles. The van der Waals surface area contributed by atoms with Gasteiger partial charge in [-0.05, 0) is 54.7 Å². The monoisotopic (exact) mass is 467 g/mol. The Hall–Kier alpha value is -2.42. The van der Waals surface area contributed by atoms with Gasteiger partial charge in [0.2, 0.25) is 15.9 Å². The maximum atomic E-state index is 13.1. The largest absolute Gasteiger partial charge is 0.339 e. The summed E-state index contributed by atoms with van der Waals surface area (Å²) in [6.45, 7) is 1.47. The van der Waals surface area contributed by atoms with Crippen molar-refractivity contribution in [3.63, 3.8) is 0 Å². The van der Waals surface area contributed by atoms with Crippen molar-refractivity contribution in [1.29, 1.82) is 0 Å². The van der Waals surface area contributed by atoms with Crippen molar-refractivity contribution in [1.82, 2.24) is 14.2 Å². The first-order valence-corrected chi connectivity index (χ1v) is 13.3. The highest BCUT2D eigenvalue weighted by molar-refractivity contribution is 7.99. The van der Waals surface area contributed by atoms with Crippen LogP contribution in [0.2, 0.25) is 0 Å². The number of hydrogen-bond donors (Lipinski definition) is 0. The van der Waals surface area contributed by atoms with E-state index in [2.05, 4.69) is 4.98 Å². The number of carbonyl (C=O) groups is 1. The third kappa shape index (κ3) is 4.27. The molecule has 1 saturated heterocycles. The van der Waals surface area contributed by atoms with E-state index >= 15 is 0 Å². The van der Waals surface area contributed by atoms with E-state index < -0.39 is 10.0 Å². The van der Waals surface area contributed by atoms with Crippen LogP contribution in [0.5, 0.6) is 0 Å². The number of para-hydroxylation sites is 1. The zero-order chi connectivity index (χ0) is 22.1. The van der Waals surface area contributed by atoms with Crippen LogP contribution in [0.1, 0.15) is 17.5 Å². The molecule has 32 heavy (non-hydrogen) atoms. The van der Waals surface area contributed by atoms with Crippen LogP contribution in [-0.4, -0.2) is 60.4 Å². The smallest absolute Gasteiger partial charge is 0.243 e. The van der Waals surface area contributed by atoms with E-state index in [1.165, 1.54) is 21.6 Å². The number of fused-ring (bicyclic) bond motifs is 2. The molecule has 166 valence electrons. The summed E-state index contributed by atoms with van der Waals surface area (Å²) in [6, 6.07) is 17.4. The van der Waals surface area contributed by atoms with E-state index in [9.17, 15) is 13.2 Å². The van der Waals surface area contributed by atoms with Gasteiger partial charge in [-0.15, -0.1) is 0 Å². The number of thioether (sulfide) groups is 1. The van der Waals surface area contributed by atoms with Crippen molar-refractivity contribution in [3.05, 3.63) is 65.7 Å². The highest BCUT2D eigenvalue weighted by Gasteiger charge is 2.30. The summed E-state index contributed by atoms with van der Waals surface area (Å²) < 4.78 is 27.7. The van der Waals surface area contributed by atoms with Crippen molar-refractivity contribution in [2.24, 2.45) is 0 Å². The number of pyridine rings is 1. The normalized spacial score (nSPS) is 16.9. The van der Waals surface area contributed by atoms with Crippen LogP contribution in [0, 0.1) is 0 Å². The maximum absolute atomic E-state index is 13.1. The molecule has 0 unspecified atom stereocenters. The Morgan fingerprint density at radius 2 is 1.72 bits per heavy atom. The Balaban J connectivity index is 1.18. The second kappa shape index (κ2) is 8.84. The molecule has 6 nitrogen and oxygen atoms in total. The minimum absolute atomic E-state index is 0.0135. The molecule has 0 bridgehead atoms.